The zero-order chi connectivity index (χ0) is 44.2. The van der Waals surface area contributed by atoms with Gasteiger partial charge in [0.1, 0.15) is 13.1 Å². The Morgan fingerprint density at radius 2 is 1.45 bits per heavy atom. The number of nitrogens with zero attached hydrogens (tertiary/aromatic N) is 3. The molecule has 0 aromatic carbocycles. The van der Waals surface area contributed by atoms with Crippen LogP contribution in [0.2, 0.25) is 11.6 Å². The molecule has 0 radical (unpaired) electrons. The Labute approximate surface area is 376 Å². The van der Waals surface area contributed by atoms with Crippen molar-refractivity contribution in [2.75, 3.05) is 32.8 Å². The summed E-state index contributed by atoms with van der Waals surface area (Å²) < 4.78 is 5.62. The first-order valence-electron chi connectivity index (χ1n) is 24.1. The summed E-state index contributed by atoms with van der Waals surface area (Å²) >= 11 is 0. The Morgan fingerprint density at radius 1 is 0.823 bits per heavy atom. The SMILES string of the molecule is C=C/C=C1/C=C(C2CCCCCC(BC3CCCCCCC3)CCC2)CCN(C(=O)/C(C=C)=C/C=C(\C=C)NC(=O)C(=C/C)/C(=N\C=C/C)N2CC3(CCOCC3)C2)/C1=C/C=C. The highest BCUT2D eigenvalue weighted by Gasteiger charge is 2.46. The molecule has 334 valence electrons. The first kappa shape index (κ1) is 48.6. The number of amides is 2. The van der Waals surface area contributed by atoms with Crippen molar-refractivity contribution in [1.29, 1.82) is 0 Å². The van der Waals surface area contributed by atoms with Crippen molar-refractivity contribution in [3.8, 4) is 0 Å². The maximum absolute atomic E-state index is 14.6. The van der Waals surface area contributed by atoms with Crippen molar-refractivity contribution in [2.45, 2.75) is 141 Å². The van der Waals surface area contributed by atoms with E-state index in [1.165, 1.54) is 109 Å². The van der Waals surface area contributed by atoms with Crippen molar-refractivity contribution in [3.05, 3.63) is 133 Å². The number of nitrogens with one attached hydrogen (secondary N) is 1. The van der Waals surface area contributed by atoms with E-state index in [0.29, 0.717) is 35.1 Å². The zero-order valence-corrected chi connectivity index (χ0v) is 38.5. The molecule has 2 unspecified atom stereocenters. The summed E-state index contributed by atoms with van der Waals surface area (Å²) in [5.41, 5.74) is 4.77. The fourth-order valence-electron chi connectivity index (χ4n) is 10.5. The average molecular weight is 841 g/mol. The van der Waals surface area contributed by atoms with Crippen molar-refractivity contribution in [2.24, 2.45) is 16.3 Å². The molecule has 0 bridgehead atoms. The van der Waals surface area contributed by atoms with Crippen LogP contribution in [0, 0.1) is 11.3 Å². The standard InChI is InChI=1S/C54H77BN4O3/c1-7-22-45-39-44(43-24-17-16-20-28-47(29-21-25-43)55-46-26-18-14-13-15-19-27-46)32-36-59(50(45)23-8-2)53(61)42(10-4)30-31-48(11-5)57-52(60)49(12-6)51(56-35-9-3)58-40-54(41-58)33-37-62-38-34-54/h7-12,22-23,30-31,35,39,43,46-47,55H,1-2,4-5,13-21,24-29,32-34,36-38,40-41H2,3,6H3,(H,57,60)/b35-9-,42-30+,45-22-,48-31+,49-12+,50-23+,56-51+. The van der Waals surface area contributed by atoms with Crippen LogP contribution in [0.1, 0.15) is 129 Å². The number of ether oxygens (including phenoxy) is 1. The first-order valence-corrected chi connectivity index (χ1v) is 24.1. The van der Waals surface area contributed by atoms with Crippen LogP contribution in [0.25, 0.3) is 0 Å². The molecular weight excluding hydrogens is 763 g/mol. The van der Waals surface area contributed by atoms with E-state index in [1.807, 2.05) is 49.1 Å². The number of carbonyl (C=O) groups is 2. The molecule has 3 heterocycles. The molecule has 5 aliphatic rings. The lowest BCUT2D eigenvalue weighted by Gasteiger charge is -2.53. The highest BCUT2D eigenvalue weighted by molar-refractivity contribution is 6.39. The van der Waals surface area contributed by atoms with E-state index in [9.17, 15) is 9.59 Å². The summed E-state index contributed by atoms with van der Waals surface area (Å²) in [7, 11) is 1.43. The number of allylic oxidation sites excluding steroid dienone is 10. The van der Waals surface area contributed by atoms with E-state index in [2.05, 4.69) is 42.6 Å². The lowest BCUT2D eigenvalue weighted by molar-refractivity contribution is -0.124. The minimum atomic E-state index is -0.290. The van der Waals surface area contributed by atoms with Crippen molar-refractivity contribution in [3.63, 3.8) is 0 Å². The van der Waals surface area contributed by atoms with Crippen molar-refractivity contribution in [1.82, 2.24) is 15.1 Å². The van der Waals surface area contributed by atoms with Crippen LogP contribution in [0.4, 0.5) is 0 Å². The number of aliphatic imine (C=N–C) groups is 1. The van der Waals surface area contributed by atoms with Crippen LogP contribution < -0.4 is 5.32 Å². The van der Waals surface area contributed by atoms with E-state index in [-0.39, 0.29) is 17.2 Å². The quantitative estimate of drug-likeness (QED) is 0.0659. The second-order valence-electron chi connectivity index (χ2n) is 18.4. The second kappa shape index (κ2) is 25.6. The summed E-state index contributed by atoms with van der Waals surface area (Å²) in [5.74, 6) is 2.47. The lowest BCUT2D eigenvalue weighted by atomic mass is 9.50. The summed E-state index contributed by atoms with van der Waals surface area (Å²) in [4.78, 5) is 37.2. The number of hydrogen-bond acceptors (Lipinski definition) is 4. The topological polar surface area (TPSA) is 74.2 Å². The van der Waals surface area contributed by atoms with Gasteiger partial charge in [0.05, 0.1) is 11.3 Å². The lowest BCUT2D eigenvalue weighted by Crippen LogP contribution is -2.61. The largest absolute Gasteiger partial charge is 0.381 e. The summed E-state index contributed by atoms with van der Waals surface area (Å²) in [6.07, 6.45) is 45.0. The van der Waals surface area contributed by atoms with E-state index < -0.39 is 0 Å². The molecule has 1 spiro atoms. The van der Waals surface area contributed by atoms with Crippen LogP contribution in [-0.4, -0.2) is 67.6 Å². The maximum atomic E-state index is 14.6. The summed E-state index contributed by atoms with van der Waals surface area (Å²) in [6, 6.07) is 0. The van der Waals surface area contributed by atoms with Gasteiger partial charge >= 0.3 is 0 Å². The molecule has 0 aromatic heterocycles. The molecule has 62 heavy (non-hydrogen) atoms. The first-order chi connectivity index (χ1) is 30.3. The molecule has 0 aromatic rings. The molecule has 2 amide bonds. The van der Waals surface area contributed by atoms with Crippen LogP contribution in [0.15, 0.2) is 138 Å². The fraction of sp³-hybridized carbons (Fsp3) is 0.537. The van der Waals surface area contributed by atoms with Gasteiger partial charge in [-0.1, -0.05) is 170 Å². The van der Waals surface area contributed by atoms with Gasteiger partial charge in [-0.05, 0) is 81.7 Å². The van der Waals surface area contributed by atoms with E-state index in [4.69, 9.17) is 9.73 Å². The van der Waals surface area contributed by atoms with Crippen LogP contribution >= 0.6 is 0 Å². The molecule has 3 aliphatic heterocycles. The predicted octanol–water partition coefficient (Wildman–Crippen LogP) is 12.1. The maximum Gasteiger partial charge on any atom is 0.259 e. The third-order valence-corrected chi connectivity index (χ3v) is 14.0. The highest BCUT2D eigenvalue weighted by Crippen LogP contribution is 2.41. The molecular formula is C54H77BN4O3. The third kappa shape index (κ3) is 13.8. The second-order valence-corrected chi connectivity index (χ2v) is 18.4. The van der Waals surface area contributed by atoms with Crippen LogP contribution in [0.5, 0.6) is 0 Å². The average Bonchev–Trinajstić information content (AvgIpc) is 3.43. The van der Waals surface area contributed by atoms with E-state index >= 15 is 0 Å². The number of likely N-dealkylation sites (tertiary alicyclic amines) is 1. The minimum absolute atomic E-state index is 0.165. The van der Waals surface area contributed by atoms with Gasteiger partial charge < -0.3 is 19.9 Å². The molecule has 2 atom stereocenters. The Balaban J connectivity index is 1.29. The molecule has 2 saturated carbocycles. The van der Waals surface area contributed by atoms with Gasteiger partial charge in [0.25, 0.3) is 11.8 Å². The van der Waals surface area contributed by atoms with Gasteiger partial charge in [-0.2, -0.15) is 0 Å². The van der Waals surface area contributed by atoms with Gasteiger partial charge in [-0.15, -0.1) is 0 Å². The molecule has 2 saturated heterocycles. The van der Waals surface area contributed by atoms with Gasteiger partial charge in [0, 0.05) is 55.7 Å². The molecule has 4 fully saturated rings. The fourth-order valence-corrected chi connectivity index (χ4v) is 10.5. The van der Waals surface area contributed by atoms with Crippen LogP contribution in [-0.2, 0) is 14.3 Å². The van der Waals surface area contributed by atoms with Gasteiger partial charge in [0.2, 0.25) is 0 Å². The Hall–Kier alpha value is -4.43. The number of amidine groups is 1. The number of hydrogen-bond donors (Lipinski definition) is 1. The van der Waals surface area contributed by atoms with Gasteiger partial charge in [0.15, 0.2) is 0 Å². The van der Waals surface area contributed by atoms with Crippen molar-refractivity contribution < 1.29 is 14.3 Å². The normalized spacial score (nSPS) is 25.5. The number of carbonyl (C=O) groups excluding carboxylic acids is 2. The predicted molar refractivity (Wildman–Crippen MR) is 263 cm³/mol. The van der Waals surface area contributed by atoms with E-state index in [0.717, 1.165) is 68.5 Å². The van der Waals surface area contributed by atoms with Gasteiger partial charge in [-0.3, -0.25) is 9.59 Å². The third-order valence-electron chi connectivity index (χ3n) is 14.0. The molecule has 2 aliphatic carbocycles. The highest BCUT2D eigenvalue weighted by atomic mass is 16.5. The molecule has 1 N–H and O–H groups in total. The van der Waals surface area contributed by atoms with Gasteiger partial charge in [-0.25, -0.2) is 4.99 Å². The molecule has 7 nitrogen and oxygen atoms in total. The Kier molecular flexibility index (Phi) is 20.1. The molecule has 8 heteroatoms. The number of rotatable bonds is 13. The van der Waals surface area contributed by atoms with Crippen LogP contribution in [0.3, 0.4) is 0 Å². The molecule has 5 rings (SSSR count). The zero-order valence-electron chi connectivity index (χ0n) is 38.5. The minimum Gasteiger partial charge on any atom is -0.381 e. The summed E-state index contributed by atoms with van der Waals surface area (Å²) in [5, 5.41) is 3.02. The summed E-state index contributed by atoms with van der Waals surface area (Å²) in [6.45, 7) is 23.7. The monoisotopic (exact) mass is 841 g/mol. The Morgan fingerprint density at radius 3 is 2.08 bits per heavy atom. The van der Waals surface area contributed by atoms with E-state index in [1.54, 1.807) is 36.6 Å². The smallest absolute Gasteiger partial charge is 0.259 e. The Bertz CT molecular complexity index is 1820. The van der Waals surface area contributed by atoms with Crippen molar-refractivity contribution >= 4 is 24.9 Å².